The fourth-order valence-electron chi connectivity index (χ4n) is 5.63. The van der Waals surface area contributed by atoms with Crippen LogP contribution in [0.2, 0.25) is 0 Å². The van der Waals surface area contributed by atoms with Gasteiger partial charge in [0.2, 0.25) is 5.91 Å². The average molecular weight is 524 g/mol. The highest BCUT2D eigenvalue weighted by Gasteiger charge is 2.37. The van der Waals surface area contributed by atoms with Gasteiger partial charge >= 0.3 is 5.97 Å². The number of carboxylic acids is 1. The second-order valence-electron chi connectivity index (χ2n) is 10.7. The number of halogens is 1. The summed E-state index contributed by atoms with van der Waals surface area (Å²) in [6, 6.07) is 13.4. The van der Waals surface area contributed by atoms with Crippen molar-refractivity contribution in [2.45, 2.75) is 64.3 Å². The first-order chi connectivity index (χ1) is 18.3. The maximum atomic E-state index is 14.4. The number of rotatable bonds is 8. The molecule has 1 amide bonds. The number of alkyl halides is 1. The van der Waals surface area contributed by atoms with Gasteiger partial charge in [-0.05, 0) is 61.4 Å². The lowest BCUT2D eigenvalue weighted by atomic mass is 9.80. The molecule has 202 valence electrons. The number of oxazole rings is 1. The number of hydrogen-bond donors (Lipinski definition) is 2. The first kappa shape index (κ1) is 26.2. The summed E-state index contributed by atoms with van der Waals surface area (Å²) in [4.78, 5) is 30.6. The van der Waals surface area contributed by atoms with Crippen molar-refractivity contribution in [2.24, 2.45) is 11.8 Å². The number of benzene rings is 2. The van der Waals surface area contributed by atoms with Crippen molar-refractivity contribution in [3.05, 3.63) is 53.6 Å². The summed E-state index contributed by atoms with van der Waals surface area (Å²) in [7, 11) is 0. The van der Waals surface area contributed by atoms with Gasteiger partial charge in [-0.3, -0.25) is 9.59 Å². The summed E-state index contributed by atoms with van der Waals surface area (Å²) < 4.78 is 26.4. The molecule has 5 atom stereocenters. The Kier molecular flexibility index (Phi) is 7.65. The van der Waals surface area contributed by atoms with Crippen LogP contribution in [0.25, 0.3) is 11.1 Å². The van der Waals surface area contributed by atoms with Gasteiger partial charge in [-0.25, -0.2) is 4.39 Å². The van der Waals surface area contributed by atoms with Gasteiger partial charge in [0, 0.05) is 12.1 Å². The maximum Gasteiger partial charge on any atom is 0.306 e. The third-order valence-corrected chi connectivity index (χ3v) is 7.82. The van der Waals surface area contributed by atoms with E-state index in [4.69, 9.17) is 9.15 Å². The first-order valence-corrected chi connectivity index (χ1v) is 13.3. The molecule has 3 aromatic rings. The number of carboxylic acid groups (broad SMARTS) is 1. The van der Waals surface area contributed by atoms with Crippen LogP contribution >= 0.6 is 0 Å². The van der Waals surface area contributed by atoms with E-state index in [1.165, 1.54) is 0 Å². The minimum atomic E-state index is -1.08. The zero-order chi connectivity index (χ0) is 26.8. The Morgan fingerprint density at radius 2 is 2.03 bits per heavy atom. The molecule has 2 aromatic carbocycles. The molecule has 1 aromatic heterocycles. The number of aliphatic carboxylic acids is 1. The molecule has 1 saturated heterocycles. The molecule has 5 rings (SSSR count). The van der Waals surface area contributed by atoms with Crippen molar-refractivity contribution in [1.82, 2.24) is 9.88 Å². The molecule has 3 unspecified atom stereocenters. The number of nitrogens with one attached hydrogen (secondary N) is 1. The summed E-state index contributed by atoms with van der Waals surface area (Å²) in [5.41, 5.74) is 3.99. The van der Waals surface area contributed by atoms with Crippen LogP contribution < -0.4 is 5.32 Å². The van der Waals surface area contributed by atoms with Crippen LogP contribution in [0.15, 0.2) is 46.9 Å². The van der Waals surface area contributed by atoms with Gasteiger partial charge in [0.25, 0.3) is 6.01 Å². The molecule has 2 heterocycles. The monoisotopic (exact) mass is 523 g/mol. The number of ether oxygens (including phenoxy) is 1. The minimum absolute atomic E-state index is 0.0587. The molecular weight excluding hydrogens is 489 g/mol. The van der Waals surface area contributed by atoms with Gasteiger partial charge in [0.1, 0.15) is 11.7 Å². The lowest BCUT2D eigenvalue weighted by Gasteiger charge is -2.34. The molecular formula is C29H34FN3O5. The predicted octanol–water partition coefficient (Wildman–Crippen LogP) is 5.27. The number of likely N-dealkylation sites (tertiary alicyclic amines) is 1. The standard InChI is InChI=1S/C29H34FN3O5/c1-17-5-3-4-6-23(17)31-29-32-24-9-7-19(12-26(24)38-29)13-27(34)33-15-21(30)14-22(33)16-37-25-10-8-20(28(35)36)11-18(25)2/h3-7,9,12,18,20-22,25H,8,10-11,13-16H2,1-2H3,(H,31,32)(H,35,36)/t18?,20?,21-,22-,25?/m0/s1. The fraction of sp³-hybridized carbons (Fsp3) is 0.483. The Morgan fingerprint density at radius 3 is 2.79 bits per heavy atom. The van der Waals surface area contributed by atoms with E-state index >= 15 is 0 Å². The number of aromatic nitrogens is 1. The number of carbonyl (C=O) groups is 2. The summed E-state index contributed by atoms with van der Waals surface area (Å²) in [5.74, 6) is -1.14. The molecule has 38 heavy (non-hydrogen) atoms. The zero-order valence-corrected chi connectivity index (χ0v) is 21.7. The van der Waals surface area contributed by atoms with E-state index in [-0.39, 0.29) is 55.9 Å². The molecule has 2 aliphatic rings. The van der Waals surface area contributed by atoms with Crippen molar-refractivity contribution >= 4 is 34.7 Å². The molecule has 0 bridgehead atoms. The highest BCUT2D eigenvalue weighted by molar-refractivity contribution is 5.82. The highest BCUT2D eigenvalue weighted by atomic mass is 19.1. The quantitative estimate of drug-likeness (QED) is 0.415. The summed E-state index contributed by atoms with van der Waals surface area (Å²) in [6.45, 7) is 4.31. The number of aryl methyl sites for hydroxylation is 1. The van der Waals surface area contributed by atoms with Gasteiger partial charge in [0.15, 0.2) is 5.58 Å². The third kappa shape index (κ3) is 5.83. The molecule has 1 aliphatic heterocycles. The van der Waals surface area contributed by atoms with E-state index in [2.05, 4.69) is 10.3 Å². The predicted molar refractivity (Wildman–Crippen MR) is 141 cm³/mol. The number of hydrogen-bond acceptors (Lipinski definition) is 6. The lowest BCUT2D eigenvalue weighted by Crippen LogP contribution is -2.41. The molecule has 9 heteroatoms. The Balaban J connectivity index is 1.20. The number of carbonyl (C=O) groups excluding carboxylic acids is 1. The largest absolute Gasteiger partial charge is 0.481 e. The molecule has 8 nitrogen and oxygen atoms in total. The number of para-hydroxylation sites is 1. The number of fused-ring (bicyclic) bond motifs is 1. The Morgan fingerprint density at radius 1 is 1.21 bits per heavy atom. The SMILES string of the molecule is Cc1ccccc1Nc1nc2ccc(CC(=O)N3C[C@@H](F)C[C@H]3COC3CCC(C(=O)O)CC3C)cc2o1. The van der Waals surface area contributed by atoms with Gasteiger partial charge in [-0.15, -0.1) is 0 Å². The van der Waals surface area contributed by atoms with Gasteiger partial charge in [0.05, 0.1) is 37.6 Å². The molecule has 1 aliphatic carbocycles. The molecule has 0 spiro atoms. The summed E-state index contributed by atoms with van der Waals surface area (Å²) in [5, 5.41) is 12.5. The van der Waals surface area contributed by atoms with E-state index in [1.54, 1.807) is 11.0 Å². The van der Waals surface area contributed by atoms with E-state index in [1.807, 2.05) is 50.2 Å². The Bertz CT molecular complexity index is 1310. The van der Waals surface area contributed by atoms with Gasteiger partial charge in [-0.1, -0.05) is 31.2 Å². The topological polar surface area (TPSA) is 105 Å². The van der Waals surface area contributed by atoms with Crippen LogP contribution in [0, 0.1) is 18.8 Å². The minimum Gasteiger partial charge on any atom is -0.481 e. The second kappa shape index (κ2) is 11.1. The normalized spacial score (nSPS) is 25.6. The van der Waals surface area contributed by atoms with E-state index in [0.717, 1.165) is 16.8 Å². The number of nitrogens with zero attached hydrogens (tertiary/aromatic N) is 2. The first-order valence-electron chi connectivity index (χ1n) is 13.3. The van der Waals surface area contributed by atoms with Crippen LogP contribution in [0.4, 0.5) is 16.1 Å². The number of amides is 1. The third-order valence-electron chi connectivity index (χ3n) is 7.82. The summed E-state index contributed by atoms with van der Waals surface area (Å²) in [6.07, 6.45) is 1.04. The van der Waals surface area contributed by atoms with Crippen LogP contribution in [0.5, 0.6) is 0 Å². The fourth-order valence-corrected chi connectivity index (χ4v) is 5.63. The smallest absolute Gasteiger partial charge is 0.306 e. The summed E-state index contributed by atoms with van der Waals surface area (Å²) >= 11 is 0. The van der Waals surface area contributed by atoms with Crippen LogP contribution in [-0.4, -0.2) is 58.3 Å². The average Bonchev–Trinajstić information content (AvgIpc) is 3.46. The van der Waals surface area contributed by atoms with E-state index in [9.17, 15) is 19.1 Å². The van der Waals surface area contributed by atoms with Gasteiger partial charge in [-0.2, -0.15) is 4.98 Å². The van der Waals surface area contributed by atoms with E-state index < -0.39 is 12.1 Å². The molecule has 2 N–H and O–H groups in total. The van der Waals surface area contributed by atoms with Crippen molar-refractivity contribution in [3.8, 4) is 0 Å². The van der Waals surface area contributed by atoms with Crippen LogP contribution in [-0.2, 0) is 20.7 Å². The highest BCUT2D eigenvalue weighted by Crippen LogP contribution is 2.32. The van der Waals surface area contributed by atoms with E-state index in [0.29, 0.717) is 36.4 Å². The molecule has 2 fully saturated rings. The second-order valence-corrected chi connectivity index (χ2v) is 10.7. The maximum absolute atomic E-state index is 14.4. The lowest BCUT2D eigenvalue weighted by molar-refractivity contribution is -0.146. The Labute approximate surface area is 221 Å². The van der Waals surface area contributed by atoms with Crippen LogP contribution in [0.1, 0.15) is 43.7 Å². The van der Waals surface area contributed by atoms with Crippen molar-refractivity contribution in [3.63, 3.8) is 0 Å². The van der Waals surface area contributed by atoms with Crippen LogP contribution in [0.3, 0.4) is 0 Å². The number of anilines is 2. The van der Waals surface area contributed by atoms with Gasteiger partial charge < -0.3 is 24.5 Å². The van der Waals surface area contributed by atoms with Crippen molar-refractivity contribution in [1.29, 1.82) is 0 Å². The Hall–Kier alpha value is -3.46. The zero-order valence-electron chi connectivity index (χ0n) is 21.7. The van der Waals surface area contributed by atoms with Crippen molar-refractivity contribution in [2.75, 3.05) is 18.5 Å². The molecule has 0 radical (unpaired) electrons. The molecule has 1 saturated carbocycles. The van der Waals surface area contributed by atoms with Crippen molar-refractivity contribution < 1.29 is 28.2 Å².